The zero-order chi connectivity index (χ0) is 12.3. The number of pyridine rings is 1. The number of halogens is 1. The zero-order valence-electron chi connectivity index (χ0n) is 9.35. The van der Waals surface area contributed by atoms with Gasteiger partial charge in [-0.15, -0.1) is 0 Å². The number of amides is 1. The molecule has 5 heteroatoms. The number of anilines is 1. The fraction of sp³-hybridized carbons (Fsp3) is 0.167. The minimum Gasteiger partial charge on any atom is -0.344 e. The van der Waals surface area contributed by atoms with Crippen LogP contribution in [0.15, 0.2) is 36.7 Å². The van der Waals surface area contributed by atoms with Crippen molar-refractivity contribution in [3.8, 4) is 0 Å². The quantitative estimate of drug-likeness (QED) is 0.851. The molecule has 0 saturated heterocycles. The maximum absolute atomic E-state index is 11.9. The van der Waals surface area contributed by atoms with Crippen LogP contribution < -0.4 is 5.32 Å². The van der Waals surface area contributed by atoms with E-state index in [1.165, 1.54) is 6.20 Å². The van der Waals surface area contributed by atoms with Gasteiger partial charge in [0.25, 0.3) is 5.91 Å². The molecule has 1 amide bonds. The number of nitrogens with one attached hydrogen (secondary N) is 1. The number of carbonyl (C=O) groups excluding carboxylic acids is 1. The van der Waals surface area contributed by atoms with E-state index in [1.807, 2.05) is 23.8 Å². The molecule has 0 aliphatic heterocycles. The van der Waals surface area contributed by atoms with Crippen molar-refractivity contribution in [1.82, 2.24) is 9.55 Å². The summed E-state index contributed by atoms with van der Waals surface area (Å²) >= 11 is 5.67. The smallest absolute Gasteiger partial charge is 0.272 e. The molecule has 2 aromatic heterocycles. The third-order valence-electron chi connectivity index (χ3n) is 2.39. The predicted molar refractivity (Wildman–Crippen MR) is 67.3 cm³/mol. The Bertz CT molecular complexity index is 519. The van der Waals surface area contributed by atoms with Gasteiger partial charge in [0.15, 0.2) is 0 Å². The number of carbonyl (C=O) groups is 1. The van der Waals surface area contributed by atoms with Gasteiger partial charge in [0, 0.05) is 12.7 Å². The summed E-state index contributed by atoms with van der Waals surface area (Å²) in [5.41, 5.74) is 1.26. The molecule has 0 bridgehead atoms. The van der Waals surface area contributed by atoms with Gasteiger partial charge in [-0.1, -0.05) is 11.6 Å². The predicted octanol–water partition coefficient (Wildman–Crippen LogP) is 2.81. The Hall–Kier alpha value is -1.81. The highest BCUT2D eigenvalue weighted by Crippen LogP contribution is 2.11. The third kappa shape index (κ3) is 2.65. The molecular formula is C12H12ClN3O. The van der Waals surface area contributed by atoms with Crippen LogP contribution in [0.4, 0.5) is 5.69 Å². The van der Waals surface area contributed by atoms with E-state index in [0.717, 1.165) is 6.54 Å². The van der Waals surface area contributed by atoms with Crippen LogP contribution in [0.2, 0.25) is 5.15 Å². The van der Waals surface area contributed by atoms with Gasteiger partial charge in [0.2, 0.25) is 0 Å². The molecule has 88 valence electrons. The molecule has 0 aromatic carbocycles. The first kappa shape index (κ1) is 11.7. The van der Waals surface area contributed by atoms with Crippen molar-refractivity contribution < 1.29 is 4.79 Å². The van der Waals surface area contributed by atoms with E-state index >= 15 is 0 Å². The highest BCUT2D eigenvalue weighted by atomic mass is 35.5. The first-order valence-electron chi connectivity index (χ1n) is 5.28. The molecule has 17 heavy (non-hydrogen) atoms. The van der Waals surface area contributed by atoms with Gasteiger partial charge in [-0.25, -0.2) is 4.98 Å². The van der Waals surface area contributed by atoms with E-state index < -0.39 is 0 Å². The molecule has 2 rings (SSSR count). The Balaban J connectivity index is 2.14. The summed E-state index contributed by atoms with van der Waals surface area (Å²) in [6.07, 6.45) is 3.40. The Labute approximate surface area is 104 Å². The molecule has 4 nitrogen and oxygen atoms in total. The molecule has 0 unspecified atom stereocenters. The molecule has 0 fully saturated rings. The molecule has 0 spiro atoms. The normalized spacial score (nSPS) is 10.2. The van der Waals surface area contributed by atoms with Crippen molar-refractivity contribution >= 4 is 23.2 Å². The average Bonchev–Trinajstić information content (AvgIpc) is 2.80. The lowest BCUT2D eigenvalue weighted by Gasteiger charge is -2.07. The maximum atomic E-state index is 11.9. The molecule has 0 aliphatic carbocycles. The summed E-state index contributed by atoms with van der Waals surface area (Å²) in [7, 11) is 0. The largest absolute Gasteiger partial charge is 0.344 e. The van der Waals surface area contributed by atoms with E-state index in [1.54, 1.807) is 18.2 Å². The Morgan fingerprint density at radius 3 is 2.94 bits per heavy atom. The van der Waals surface area contributed by atoms with Crippen LogP contribution in [-0.2, 0) is 6.54 Å². The number of aryl methyl sites for hydroxylation is 1. The second-order valence-electron chi connectivity index (χ2n) is 3.50. The minimum atomic E-state index is -0.152. The molecule has 0 radical (unpaired) electrons. The Kier molecular flexibility index (Phi) is 3.44. The van der Waals surface area contributed by atoms with E-state index in [9.17, 15) is 4.79 Å². The summed E-state index contributed by atoms with van der Waals surface area (Å²) in [6.45, 7) is 2.75. The summed E-state index contributed by atoms with van der Waals surface area (Å²) in [5, 5.41) is 3.17. The molecule has 0 atom stereocenters. The first-order valence-corrected chi connectivity index (χ1v) is 5.66. The Morgan fingerprint density at radius 1 is 1.47 bits per heavy atom. The summed E-state index contributed by atoms with van der Waals surface area (Å²) in [4.78, 5) is 15.8. The maximum Gasteiger partial charge on any atom is 0.272 e. The lowest BCUT2D eigenvalue weighted by Crippen LogP contribution is -2.16. The molecule has 1 N–H and O–H groups in total. The number of aromatic nitrogens is 2. The number of hydrogen-bond acceptors (Lipinski definition) is 2. The van der Waals surface area contributed by atoms with Crippen LogP contribution in [0.1, 0.15) is 17.4 Å². The minimum absolute atomic E-state index is 0.152. The van der Waals surface area contributed by atoms with Gasteiger partial charge >= 0.3 is 0 Å². The van der Waals surface area contributed by atoms with Crippen molar-refractivity contribution in [3.05, 3.63) is 47.5 Å². The van der Waals surface area contributed by atoms with Crippen LogP contribution in [0.5, 0.6) is 0 Å². The molecule has 2 heterocycles. The fourth-order valence-electron chi connectivity index (χ4n) is 1.54. The highest BCUT2D eigenvalue weighted by Gasteiger charge is 2.09. The van der Waals surface area contributed by atoms with Crippen LogP contribution in [0.3, 0.4) is 0 Å². The number of rotatable bonds is 3. The second kappa shape index (κ2) is 5.01. The fourth-order valence-corrected chi connectivity index (χ4v) is 1.65. The topological polar surface area (TPSA) is 46.9 Å². The highest BCUT2D eigenvalue weighted by molar-refractivity contribution is 6.29. The van der Waals surface area contributed by atoms with Gasteiger partial charge < -0.3 is 9.88 Å². The Morgan fingerprint density at radius 2 is 2.29 bits per heavy atom. The first-order chi connectivity index (χ1) is 8.20. The van der Waals surface area contributed by atoms with Crippen molar-refractivity contribution in [2.24, 2.45) is 0 Å². The van der Waals surface area contributed by atoms with Crippen LogP contribution in [-0.4, -0.2) is 15.5 Å². The summed E-state index contributed by atoms with van der Waals surface area (Å²) in [5.74, 6) is -0.152. The number of nitrogens with zero attached hydrogens (tertiary/aromatic N) is 2. The summed E-state index contributed by atoms with van der Waals surface area (Å²) < 4.78 is 1.87. The monoisotopic (exact) mass is 249 g/mol. The molecule has 0 aliphatic rings. The average molecular weight is 250 g/mol. The van der Waals surface area contributed by atoms with Crippen molar-refractivity contribution in [1.29, 1.82) is 0 Å². The zero-order valence-corrected chi connectivity index (χ0v) is 10.1. The molecule has 0 saturated carbocycles. The molecule has 2 aromatic rings. The SMILES string of the molecule is CCn1cccc1C(=O)Nc1ccc(Cl)nc1. The van der Waals surface area contributed by atoms with Crippen LogP contribution in [0.25, 0.3) is 0 Å². The van der Waals surface area contributed by atoms with Gasteiger partial charge in [0.1, 0.15) is 10.8 Å². The lowest BCUT2D eigenvalue weighted by atomic mass is 10.3. The van der Waals surface area contributed by atoms with Crippen molar-refractivity contribution in [3.63, 3.8) is 0 Å². The third-order valence-corrected chi connectivity index (χ3v) is 2.61. The van der Waals surface area contributed by atoms with E-state index in [-0.39, 0.29) is 5.91 Å². The van der Waals surface area contributed by atoms with Crippen molar-refractivity contribution in [2.75, 3.05) is 5.32 Å². The number of hydrogen-bond donors (Lipinski definition) is 1. The van der Waals surface area contributed by atoms with E-state index in [0.29, 0.717) is 16.5 Å². The van der Waals surface area contributed by atoms with Crippen LogP contribution in [0, 0.1) is 0 Å². The molecular weight excluding hydrogens is 238 g/mol. The van der Waals surface area contributed by atoms with Crippen molar-refractivity contribution in [2.45, 2.75) is 13.5 Å². The lowest BCUT2D eigenvalue weighted by molar-refractivity contribution is 0.101. The standard InChI is InChI=1S/C12H12ClN3O/c1-2-16-7-3-4-10(16)12(17)15-9-5-6-11(13)14-8-9/h3-8H,2H2,1H3,(H,15,17). The van der Waals surface area contributed by atoms with Gasteiger partial charge in [-0.05, 0) is 31.2 Å². The van der Waals surface area contributed by atoms with Gasteiger partial charge in [0.05, 0.1) is 11.9 Å². The second-order valence-corrected chi connectivity index (χ2v) is 3.89. The van der Waals surface area contributed by atoms with E-state index in [2.05, 4.69) is 10.3 Å². The van der Waals surface area contributed by atoms with Gasteiger partial charge in [-0.2, -0.15) is 0 Å². The summed E-state index contributed by atoms with van der Waals surface area (Å²) in [6, 6.07) is 6.98. The van der Waals surface area contributed by atoms with Crippen LogP contribution >= 0.6 is 11.6 Å². The van der Waals surface area contributed by atoms with Gasteiger partial charge in [-0.3, -0.25) is 4.79 Å². The van der Waals surface area contributed by atoms with E-state index in [4.69, 9.17) is 11.6 Å².